The molecule has 17 heavy (non-hydrogen) atoms. The first-order valence-electron chi connectivity index (χ1n) is 6.20. The molecule has 96 valence electrons. The number of amides is 1. The predicted octanol–water partition coefficient (Wildman–Crippen LogP) is 0.102. The fraction of sp³-hybridized carbons (Fsp3) is 0.833. The van der Waals surface area contributed by atoms with E-state index >= 15 is 0 Å². The van der Waals surface area contributed by atoms with Crippen molar-refractivity contribution in [2.75, 3.05) is 33.8 Å². The Morgan fingerprint density at radius 1 is 1.35 bits per heavy atom. The quantitative estimate of drug-likeness (QED) is 0.642. The molecule has 1 unspecified atom stereocenters. The second kappa shape index (κ2) is 5.04. The minimum Gasteiger partial charge on any atom is -0.469 e. The van der Waals surface area contributed by atoms with E-state index in [0.717, 1.165) is 32.4 Å². The smallest absolute Gasteiger partial charge is 0.309 e. The summed E-state index contributed by atoms with van der Waals surface area (Å²) in [5, 5.41) is 0. The van der Waals surface area contributed by atoms with Crippen molar-refractivity contribution < 1.29 is 14.3 Å². The molecule has 0 bridgehead atoms. The van der Waals surface area contributed by atoms with Crippen LogP contribution >= 0.6 is 0 Å². The number of nitrogens with zero attached hydrogens (tertiary/aromatic N) is 2. The second-order valence-electron chi connectivity index (χ2n) is 4.92. The maximum absolute atomic E-state index is 11.9. The van der Waals surface area contributed by atoms with Crippen molar-refractivity contribution in [3.8, 4) is 0 Å². The summed E-state index contributed by atoms with van der Waals surface area (Å²) in [4.78, 5) is 27.4. The average molecular weight is 240 g/mol. The fourth-order valence-electron chi connectivity index (χ4n) is 2.79. The summed E-state index contributed by atoms with van der Waals surface area (Å²) in [5.74, 6) is -0.0172. The lowest BCUT2D eigenvalue weighted by atomic mass is 9.96. The molecular formula is C12H20N2O3. The summed E-state index contributed by atoms with van der Waals surface area (Å²) in [6, 6.07) is -0.0209. The number of esters is 1. The molecular weight excluding hydrogens is 220 g/mol. The van der Waals surface area contributed by atoms with E-state index in [0.29, 0.717) is 6.54 Å². The van der Waals surface area contributed by atoms with Crippen LogP contribution in [-0.4, -0.2) is 61.5 Å². The highest BCUT2D eigenvalue weighted by atomic mass is 16.5. The van der Waals surface area contributed by atoms with Gasteiger partial charge in [-0.05, 0) is 25.8 Å². The number of likely N-dealkylation sites (tertiary alicyclic amines) is 2. The van der Waals surface area contributed by atoms with Crippen LogP contribution in [0.15, 0.2) is 0 Å². The molecule has 2 saturated heterocycles. The van der Waals surface area contributed by atoms with Gasteiger partial charge in [0.25, 0.3) is 0 Å². The number of methoxy groups -OCH3 is 1. The van der Waals surface area contributed by atoms with E-state index in [4.69, 9.17) is 4.74 Å². The zero-order valence-electron chi connectivity index (χ0n) is 10.5. The van der Waals surface area contributed by atoms with Crippen molar-refractivity contribution in [1.82, 2.24) is 9.80 Å². The van der Waals surface area contributed by atoms with E-state index in [1.165, 1.54) is 7.11 Å². The Morgan fingerprint density at radius 3 is 2.71 bits per heavy atom. The first-order chi connectivity index (χ1) is 8.13. The van der Waals surface area contributed by atoms with Crippen molar-refractivity contribution in [1.29, 1.82) is 0 Å². The second-order valence-corrected chi connectivity index (χ2v) is 4.92. The van der Waals surface area contributed by atoms with E-state index < -0.39 is 0 Å². The third kappa shape index (κ3) is 2.44. The Labute approximate surface area is 102 Å². The monoisotopic (exact) mass is 240 g/mol. The molecule has 2 rings (SSSR count). The number of carbonyl (C=O) groups is 2. The van der Waals surface area contributed by atoms with E-state index in [1.807, 2.05) is 7.05 Å². The third-order valence-corrected chi connectivity index (χ3v) is 3.83. The summed E-state index contributed by atoms with van der Waals surface area (Å²) in [5.41, 5.74) is 0. The molecule has 2 aliphatic rings. The molecule has 0 aromatic heterocycles. The summed E-state index contributed by atoms with van der Waals surface area (Å²) >= 11 is 0. The van der Waals surface area contributed by atoms with Gasteiger partial charge in [0.2, 0.25) is 5.91 Å². The van der Waals surface area contributed by atoms with Crippen LogP contribution in [0.2, 0.25) is 0 Å². The fourth-order valence-corrected chi connectivity index (χ4v) is 2.79. The normalized spacial score (nSPS) is 30.7. The molecule has 2 atom stereocenters. The van der Waals surface area contributed by atoms with Gasteiger partial charge in [0.1, 0.15) is 0 Å². The predicted molar refractivity (Wildman–Crippen MR) is 62.4 cm³/mol. The summed E-state index contributed by atoms with van der Waals surface area (Å²) in [6.07, 6.45) is 2.72. The van der Waals surface area contributed by atoms with E-state index in [9.17, 15) is 9.59 Å². The molecule has 0 aromatic carbocycles. The number of hydrogen-bond acceptors (Lipinski definition) is 4. The molecule has 2 heterocycles. The van der Waals surface area contributed by atoms with Crippen LogP contribution in [0.25, 0.3) is 0 Å². The SMILES string of the molecule is COC(=O)[C@H]1CCCN(C2CCN(C)C2=O)C1. The van der Waals surface area contributed by atoms with Gasteiger partial charge in [0, 0.05) is 20.1 Å². The highest BCUT2D eigenvalue weighted by Gasteiger charge is 2.37. The molecule has 5 heteroatoms. The molecule has 2 aliphatic heterocycles. The Balaban J connectivity index is 1.98. The van der Waals surface area contributed by atoms with Crippen molar-refractivity contribution in [2.45, 2.75) is 25.3 Å². The van der Waals surface area contributed by atoms with E-state index in [1.54, 1.807) is 4.90 Å². The van der Waals surface area contributed by atoms with Gasteiger partial charge >= 0.3 is 5.97 Å². The minimum absolute atomic E-state index is 0.0209. The lowest BCUT2D eigenvalue weighted by Gasteiger charge is -2.34. The Hall–Kier alpha value is -1.10. The van der Waals surface area contributed by atoms with Gasteiger partial charge in [-0.2, -0.15) is 0 Å². The van der Waals surface area contributed by atoms with Crippen molar-refractivity contribution in [3.63, 3.8) is 0 Å². The van der Waals surface area contributed by atoms with Crippen LogP contribution < -0.4 is 0 Å². The molecule has 5 nitrogen and oxygen atoms in total. The van der Waals surface area contributed by atoms with Gasteiger partial charge in [-0.15, -0.1) is 0 Å². The maximum atomic E-state index is 11.9. The third-order valence-electron chi connectivity index (χ3n) is 3.83. The number of hydrogen-bond donors (Lipinski definition) is 0. The van der Waals surface area contributed by atoms with Crippen molar-refractivity contribution in [3.05, 3.63) is 0 Å². The van der Waals surface area contributed by atoms with Crippen molar-refractivity contribution in [2.24, 2.45) is 5.92 Å². The van der Waals surface area contributed by atoms with Crippen molar-refractivity contribution >= 4 is 11.9 Å². The summed E-state index contributed by atoms with van der Waals surface area (Å²) in [7, 11) is 3.26. The molecule has 0 radical (unpaired) electrons. The summed E-state index contributed by atoms with van der Waals surface area (Å²) < 4.78 is 4.79. The number of piperidine rings is 1. The maximum Gasteiger partial charge on any atom is 0.309 e. The molecule has 0 aromatic rings. The molecule has 0 aliphatic carbocycles. The molecule has 0 saturated carbocycles. The van der Waals surface area contributed by atoms with Gasteiger partial charge in [-0.3, -0.25) is 14.5 Å². The zero-order chi connectivity index (χ0) is 12.4. The highest BCUT2D eigenvalue weighted by molar-refractivity contribution is 5.83. The standard InChI is InChI=1S/C12H20N2O3/c1-13-7-5-10(11(13)15)14-6-3-4-9(8-14)12(16)17-2/h9-10H,3-8H2,1-2H3/t9-,10?/m0/s1. The van der Waals surface area contributed by atoms with Crippen LogP contribution in [0.4, 0.5) is 0 Å². The average Bonchev–Trinajstić information content (AvgIpc) is 2.69. The number of rotatable bonds is 2. The number of ether oxygens (including phenoxy) is 1. The van der Waals surface area contributed by atoms with Crippen LogP contribution in [0.1, 0.15) is 19.3 Å². The molecule has 2 fully saturated rings. The lowest BCUT2D eigenvalue weighted by Crippen LogP contribution is -2.47. The minimum atomic E-state index is -0.145. The number of carbonyl (C=O) groups excluding carboxylic acids is 2. The van der Waals surface area contributed by atoms with Gasteiger partial charge < -0.3 is 9.64 Å². The number of likely N-dealkylation sites (N-methyl/N-ethyl adjacent to an activating group) is 1. The van der Waals surface area contributed by atoms with Gasteiger partial charge in [-0.1, -0.05) is 0 Å². The van der Waals surface area contributed by atoms with Gasteiger partial charge in [-0.25, -0.2) is 0 Å². The Kier molecular flexibility index (Phi) is 3.66. The van der Waals surface area contributed by atoms with Crippen LogP contribution in [0.5, 0.6) is 0 Å². The Bertz CT molecular complexity index is 319. The lowest BCUT2D eigenvalue weighted by molar-refractivity contribution is -0.148. The van der Waals surface area contributed by atoms with E-state index in [-0.39, 0.29) is 23.8 Å². The van der Waals surface area contributed by atoms with Crippen LogP contribution in [0, 0.1) is 5.92 Å². The first kappa shape index (κ1) is 12.4. The van der Waals surface area contributed by atoms with Gasteiger partial charge in [0.05, 0.1) is 19.1 Å². The molecule has 0 spiro atoms. The Morgan fingerprint density at radius 2 is 2.12 bits per heavy atom. The highest BCUT2D eigenvalue weighted by Crippen LogP contribution is 2.24. The van der Waals surface area contributed by atoms with Crippen LogP contribution in [-0.2, 0) is 14.3 Å². The zero-order valence-corrected chi connectivity index (χ0v) is 10.5. The largest absolute Gasteiger partial charge is 0.469 e. The first-order valence-corrected chi connectivity index (χ1v) is 6.20. The van der Waals surface area contributed by atoms with Crippen LogP contribution in [0.3, 0.4) is 0 Å². The molecule has 0 N–H and O–H groups in total. The van der Waals surface area contributed by atoms with E-state index in [2.05, 4.69) is 4.90 Å². The topological polar surface area (TPSA) is 49.9 Å². The van der Waals surface area contributed by atoms with Gasteiger partial charge in [0.15, 0.2) is 0 Å². The molecule has 1 amide bonds. The summed E-state index contributed by atoms with van der Waals surface area (Å²) in [6.45, 7) is 2.40.